The van der Waals surface area contributed by atoms with Gasteiger partial charge in [-0.25, -0.2) is 0 Å². The van der Waals surface area contributed by atoms with Crippen molar-refractivity contribution in [3.05, 3.63) is 46.3 Å². The molecule has 3 aromatic rings. The Labute approximate surface area is 119 Å². The number of hydrogen-bond acceptors (Lipinski definition) is 4. The third-order valence-electron chi connectivity index (χ3n) is 2.86. The van der Waals surface area contributed by atoms with Crippen LogP contribution in [0.5, 0.6) is 0 Å². The Morgan fingerprint density at radius 2 is 1.89 bits per heavy atom. The van der Waals surface area contributed by atoms with E-state index >= 15 is 0 Å². The number of nitrogens with zero attached hydrogens (tertiary/aromatic N) is 1. The number of aryl methyl sites for hydroxylation is 1. The van der Waals surface area contributed by atoms with Crippen molar-refractivity contribution in [3.8, 4) is 21.8 Å². The topological polar surface area (TPSA) is 52.0 Å². The largest absolute Gasteiger partial charge is 0.380 e. The number of nitrogens with two attached hydrogens (primary N) is 1. The van der Waals surface area contributed by atoms with E-state index in [0.717, 1.165) is 16.0 Å². The van der Waals surface area contributed by atoms with E-state index in [9.17, 15) is 0 Å². The summed E-state index contributed by atoms with van der Waals surface area (Å²) in [6, 6.07) is 11.8. The van der Waals surface area contributed by atoms with Gasteiger partial charge in [0, 0.05) is 0 Å². The van der Waals surface area contributed by atoms with Crippen molar-refractivity contribution in [2.45, 2.75) is 6.92 Å². The maximum atomic E-state index is 5.96. The molecule has 0 spiro atoms. The number of benzene rings is 1. The second-order valence-electron chi connectivity index (χ2n) is 4.24. The van der Waals surface area contributed by atoms with Crippen LogP contribution in [0.15, 0.2) is 40.9 Å². The van der Waals surface area contributed by atoms with Crippen LogP contribution >= 0.6 is 22.9 Å². The Balaban J connectivity index is 2.16. The van der Waals surface area contributed by atoms with Gasteiger partial charge in [0.05, 0.1) is 14.8 Å². The van der Waals surface area contributed by atoms with Crippen LogP contribution in [0.4, 0.5) is 5.82 Å². The van der Waals surface area contributed by atoms with Crippen molar-refractivity contribution in [1.29, 1.82) is 0 Å². The molecule has 0 unspecified atom stereocenters. The Kier molecular flexibility index (Phi) is 3.05. The average Bonchev–Trinajstić information content (AvgIpc) is 2.97. The van der Waals surface area contributed by atoms with Crippen LogP contribution in [0.25, 0.3) is 21.8 Å². The molecule has 3 nitrogen and oxygen atoms in total. The maximum absolute atomic E-state index is 5.96. The van der Waals surface area contributed by atoms with E-state index in [2.05, 4.69) is 5.16 Å². The summed E-state index contributed by atoms with van der Waals surface area (Å²) in [7, 11) is 0. The number of rotatable bonds is 2. The number of anilines is 1. The lowest BCUT2D eigenvalue weighted by Gasteiger charge is -2.01. The van der Waals surface area contributed by atoms with E-state index < -0.39 is 0 Å². The highest BCUT2D eigenvalue weighted by Crippen LogP contribution is 2.40. The van der Waals surface area contributed by atoms with Gasteiger partial charge in [-0.3, -0.25) is 0 Å². The molecule has 0 saturated heterocycles. The van der Waals surface area contributed by atoms with E-state index in [0.29, 0.717) is 15.9 Å². The van der Waals surface area contributed by atoms with Crippen LogP contribution in [0.1, 0.15) is 5.56 Å². The molecule has 1 aromatic carbocycles. The van der Waals surface area contributed by atoms with Gasteiger partial charge >= 0.3 is 0 Å². The molecule has 96 valence electrons. The normalized spacial score (nSPS) is 10.8. The highest BCUT2D eigenvalue weighted by molar-refractivity contribution is 7.19. The van der Waals surface area contributed by atoms with Gasteiger partial charge in [-0.05, 0) is 24.6 Å². The summed E-state index contributed by atoms with van der Waals surface area (Å²) in [5.41, 5.74) is 8.92. The second-order valence-corrected chi connectivity index (χ2v) is 5.96. The van der Waals surface area contributed by atoms with Gasteiger partial charge in [0.1, 0.15) is 0 Å². The Bertz CT molecular complexity index is 715. The quantitative estimate of drug-likeness (QED) is 0.749. The first-order valence-corrected chi connectivity index (χ1v) is 6.92. The van der Waals surface area contributed by atoms with E-state index in [4.69, 9.17) is 21.9 Å². The van der Waals surface area contributed by atoms with E-state index in [1.807, 2.05) is 43.3 Å². The molecular weight excluding hydrogens is 280 g/mol. The minimum Gasteiger partial charge on any atom is -0.380 e. The molecule has 2 aromatic heterocycles. The lowest BCUT2D eigenvalue weighted by molar-refractivity contribution is 0.437. The summed E-state index contributed by atoms with van der Waals surface area (Å²) in [4.78, 5) is 0.921. The highest BCUT2D eigenvalue weighted by Gasteiger charge is 2.18. The van der Waals surface area contributed by atoms with Crippen LogP contribution < -0.4 is 5.73 Å². The zero-order valence-corrected chi connectivity index (χ0v) is 11.8. The van der Waals surface area contributed by atoms with Gasteiger partial charge < -0.3 is 10.3 Å². The summed E-state index contributed by atoms with van der Waals surface area (Å²) in [5, 5.41) is 3.87. The highest BCUT2D eigenvalue weighted by atomic mass is 35.5. The summed E-state index contributed by atoms with van der Waals surface area (Å²) in [5.74, 6) is 1.06. The number of nitrogen functional groups attached to an aromatic ring is 1. The fraction of sp³-hybridized carbons (Fsp3) is 0.0714. The molecule has 0 aliphatic carbocycles. The van der Waals surface area contributed by atoms with Crippen LogP contribution in [0.2, 0.25) is 4.34 Å². The standard InChI is InChI=1S/C14H11ClN2OS/c1-8-2-4-9(5-3-8)12-13(18-17-14(12)16)10-6-7-11(15)19-10/h2-7H,1H3,(H2,16,17). The number of aromatic nitrogens is 1. The van der Waals surface area contributed by atoms with Crippen molar-refractivity contribution in [2.75, 3.05) is 5.73 Å². The van der Waals surface area contributed by atoms with Crippen molar-refractivity contribution in [3.63, 3.8) is 0 Å². The second kappa shape index (κ2) is 4.72. The number of halogens is 1. The van der Waals surface area contributed by atoms with Crippen LogP contribution in [-0.2, 0) is 0 Å². The predicted molar refractivity (Wildman–Crippen MR) is 79.4 cm³/mol. The summed E-state index contributed by atoms with van der Waals surface area (Å²) in [6.45, 7) is 2.04. The molecule has 0 atom stereocenters. The van der Waals surface area contributed by atoms with Crippen molar-refractivity contribution in [1.82, 2.24) is 5.16 Å². The lowest BCUT2D eigenvalue weighted by Crippen LogP contribution is -1.88. The SMILES string of the molecule is Cc1ccc(-c2c(N)noc2-c2ccc(Cl)s2)cc1. The Hall–Kier alpha value is -1.78. The minimum absolute atomic E-state index is 0.392. The first-order valence-electron chi connectivity index (χ1n) is 5.73. The molecule has 0 bridgehead atoms. The molecule has 19 heavy (non-hydrogen) atoms. The number of hydrogen-bond donors (Lipinski definition) is 1. The molecule has 0 aliphatic heterocycles. The first-order chi connectivity index (χ1) is 9.15. The van der Waals surface area contributed by atoms with Crippen molar-refractivity contribution < 1.29 is 4.52 Å². The summed E-state index contributed by atoms with van der Waals surface area (Å²) in [6.07, 6.45) is 0. The zero-order chi connectivity index (χ0) is 13.4. The molecule has 0 saturated carbocycles. The van der Waals surface area contributed by atoms with Crippen LogP contribution in [-0.4, -0.2) is 5.16 Å². The summed E-state index contributed by atoms with van der Waals surface area (Å²) < 4.78 is 6.06. The van der Waals surface area contributed by atoms with Crippen molar-refractivity contribution >= 4 is 28.8 Å². The van der Waals surface area contributed by atoms with Gasteiger partial charge in [0.15, 0.2) is 11.6 Å². The van der Waals surface area contributed by atoms with E-state index in [1.165, 1.54) is 16.9 Å². The molecule has 0 aliphatic rings. The third-order valence-corrected chi connectivity index (χ3v) is 4.09. The van der Waals surface area contributed by atoms with Gasteiger partial charge in [-0.2, -0.15) is 0 Å². The Morgan fingerprint density at radius 3 is 2.53 bits per heavy atom. The fourth-order valence-electron chi connectivity index (χ4n) is 1.91. The lowest BCUT2D eigenvalue weighted by atomic mass is 10.0. The zero-order valence-electron chi connectivity index (χ0n) is 10.2. The molecule has 2 heterocycles. The maximum Gasteiger partial charge on any atom is 0.186 e. The number of thiophene rings is 1. The van der Waals surface area contributed by atoms with Crippen LogP contribution in [0, 0.1) is 6.92 Å². The van der Waals surface area contributed by atoms with Gasteiger partial charge in [-0.1, -0.05) is 46.6 Å². The van der Waals surface area contributed by atoms with Crippen molar-refractivity contribution in [2.24, 2.45) is 0 Å². The predicted octanol–water partition coefficient (Wildman–Crippen LogP) is 4.61. The van der Waals surface area contributed by atoms with Gasteiger partial charge in [-0.15, -0.1) is 11.3 Å². The minimum atomic E-state index is 0.392. The van der Waals surface area contributed by atoms with E-state index in [-0.39, 0.29) is 0 Å². The smallest absolute Gasteiger partial charge is 0.186 e. The molecule has 0 amide bonds. The molecular formula is C14H11ClN2OS. The van der Waals surface area contributed by atoms with Gasteiger partial charge in [0.25, 0.3) is 0 Å². The van der Waals surface area contributed by atoms with Crippen LogP contribution in [0.3, 0.4) is 0 Å². The molecule has 3 rings (SSSR count). The van der Waals surface area contributed by atoms with E-state index in [1.54, 1.807) is 0 Å². The first kappa shape index (κ1) is 12.3. The fourth-order valence-corrected chi connectivity index (χ4v) is 2.93. The molecule has 0 fully saturated rings. The molecule has 5 heteroatoms. The summed E-state index contributed by atoms with van der Waals surface area (Å²) >= 11 is 7.40. The monoisotopic (exact) mass is 290 g/mol. The Morgan fingerprint density at radius 1 is 1.16 bits per heavy atom. The molecule has 2 N–H and O–H groups in total. The average molecular weight is 291 g/mol. The van der Waals surface area contributed by atoms with Gasteiger partial charge in [0.2, 0.25) is 0 Å². The molecule has 0 radical (unpaired) electrons. The third kappa shape index (κ3) is 2.25.